The molecule has 0 radical (unpaired) electrons. The second kappa shape index (κ2) is 6.38. The van der Waals surface area contributed by atoms with Crippen LogP contribution in [0.3, 0.4) is 0 Å². The maximum Gasteiger partial charge on any atom is 0.228 e. The van der Waals surface area contributed by atoms with Crippen LogP contribution in [0, 0.1) is 13.8 Å². The van der Waals surface area contributed by atoms with E-state index in [9.17, 15) is 4.79 Å². The summed E-state index contributed by atoms with van der Waals surface area (Å²) in [5.41, 5.74) is 3.75. The van der Waals surface area contributed by atoms with Gasteiger partial charge >= 0.3 is 0 Å². The summed E-state index contributed by atoms with van der Waals surface area (Å²) < 4.78 is 6.40. The van der Waals surface area contributed by atoms with Gasteiger partial charge in [-0.05, 0) is 38.1 Å². The van der Waals surface area contributed by atoms with Crippen LogP contribution in [0.1, 0.15) is 16.1 Å². The van der Waals surface area contributed by atoms with Gasteiger partial charge in [0, 0.05) is 11.3 Å². The third kappa shape index (κ3) is 3.51. The molecule has 3 aromatic rings. The molecule has 0 saturated carbocycles. The van der Waals surface area contributed by atoms with E-state index < -0.39 is 0 Å². The summed E-state index contributed by atoms with van der Waals surface area (Å²) in [5.74, 6) is 0.675. The zero-order valence-electron chi connectivity index (χ0n) is 13.3. The fraction of sp³-hybridized carbons (Fsp3) is 0.222. The van der Waals surface area contributed by atoms with E-state index >= 15 is 0 Å². The summed E-state index contributed by atoms with van der Waals surface area (Å²) in [6.45, 7) is 3.98. The number of thiazole rings is 1. The molecule has 0 spiro atoms. The van der Waals surface area contributed by atoms with E-state index in [0.29, 0.717) is 0 Å². The molecule has 0 bridgehead atoms. The number of fused-ring (bicyclic) bond motifs is 1. The molecular weight excluding hydrogens is 308 g/mol. The third-order valence-electron chi connectivity index (χ3n) is 3.57. The fourth-order valence-corrected chi connectivity index (χ4v) is 3.41. The van der Waals surface area contributed by atoms with Gasteiger partial charge in [-0.15, -0.1) is 11.3 Å². The lowest BCUT2D eigenvalue weighted by Crippen LogP contribution is -2.15. The van der Waals surface area contributed by atoms with Crippen molar-refractivity contribution in [2.24, 2.45) is 0 Å². The number of aryl methyl sites for hydroxylation is 2. The van der Waals surface area contributed by atoms with Gasteiger partial charge in [0.2, 0.25) is 5.91 Å². The Labute approximate surface area is 139 Å². The van der Waals surface area contributed by atoms with Gasteiger partial charge in [0.1, 0.15) is 5.75 Å². The second-order valence-electron chi connectivity index (χ2n) is 5.46. The Balaban J connectivity index is 1.76. The highest BCUT2D eigenvalue weighted by Gasteiger charge is 2.10. The van der Waals surface area contributed by atoms with Crippen molar-refractivity contribution < 1.29 is 9.53 Å². The lowest BCUT2D eigenvalue weighted by atomic mass is 10.1. The van der Waals surface area contributed by atoms with E-state index in [1.165, 1.54) is 0 Å². The van der Waals surface area contributed by atoms with E-state index in [-0.39, 0.29) is 12.3 Å². The summed E-state index contributed by atoms with van der Waals surface area (Å²) in [7, 11) is 1.62. The highest BCUT2D eigenvalue weighted by Crippen LogP contribution is 2.25. The number of benzene rings is 2. The number of carbonyl (C=O) groups is 1. The van der Waals surface area contributed by atoms with Gasteiger partial charge < -0.3 is 10.1 Å². The Morgan fingerprint density at radius 3 is 2.83 bits per heavy atom. The number of aromatic nitrogens is 1. The highest BCUT2D eigenvalue weighted by atomic mass is 32.1. The Bertz CT molecular complexity index is 871. The van der Waals surface area contributed by atoms with E-state index in [4.69, 9.17) is 4.74 Å². The van der Waals surface area contributed by atoms with Gasteiger partial charge in [0.05, 0.1) is 28.8 Å². The van der Waals surface area contributed by atoms with Gasteiger partial charge in [-0.2, -0.15) is 0 Å². The van der Waals surface area contributed by atoms with Crippen molar-refractivity contribution in [2.45, 2.75) is 20.3 Å². The topological polar surface area (TPSA) is 51.2 Å². The molecule has 2 aromatic carbocycles. The number of ether oxygens (including phenoxy) is 1. The summed E-state index contributed by atoms with van der Waals surface area (Å²) in [4.78, 5) is 16.7. The van der Waals surface area contributed by atoms with Crippen LogP contribution < -0.4 is 10.1 Å². The molecule has 118 valence electrons. The minimum Gasteiger partial charge on any atom is -0.496 e. The van der Waals surface area contributed by atoms with Gasteiger partial charge in [0.15, 0.2) is 0 Å². The van der Waals surface area contributed by atoms with Crippen molar-refractivity contribution in [3.8, 4) is 5.75 Å². The molecule has 1 amide bonds. The molecule has 0 atom stereocenters. The molecular formula is C18H18N2O2S. The van der Waals surface area contributed by atoms with E-state index in [2.05, 4.69) is 10.3 Å². The van der Waals surface area contributed by atoms with Crippen LogP contribution >= 0.6 is 11.3 Å². The molecule has 4 nitrogen and oxygen atoms in total. The standard InChI is InChI=1S/C18H18N2O2S/c1-11-4-7-16(22-3)13(8-11)9-18(21)20-14-5-6-15-17(10-14)23-12(2)19-15/h4-8,10H,9H2,1-3H3,(H,20,21). The van der Waals surface area contributed by atoms with Crippen LogP contribution in [0.4, 0.5) is 5.69 Å². The van der Waals surface area contributed by atoms with Crippen molar-refractivity contribution in [3.05, 3.63) is 52.5 Å². The largest absolute Gasteiger partial charge is 0.496 e. The van der Waals surface area contributed by atoms with Crippen molar-refractivity contribution in [3.63, 3.8) is 0 Å². The smallest absolute Gasteiger partial charge is 0.228 e. The van der Waals surface area contributed by atoms with Gasteiger partial charge in [0.25, 0.3) is 0 Å². The molecule has 1 N–H and O–H groups in total. The molecule has 0 saturated heterocycles. The number of amides is 1. The summed E-state index contributed by atoms with van der Waals surface area (Å²) in [6, 6.07) is 11.6. The van der Waals surface area contributed by atoms with Gasteiger partial charge in [-0.1, -0.05) is 17.7 Å². The summed E-state index contributed by atoms with van der Waals surface area (Å²) >= 11 is 1.62. The van der Waals surface area contributed by atoms with Crippen LogP contribution in [-0.4, -0.2) is 18.0 Å². The van der Waals surface area contributed by atoms with Gasteiger partial charge in [-0.3, -0.25) is 4.79 Å². The van der Waals surface area contributed by atoms with E-state index in [0.717, 1.165) is 37.8 Å². The number of anilines is 1. The highest BCUT2D eigenvalue weighted by molar-refractivity contribution is 7.18. The monoisotopic (exact) mass is 326 g/mol. The van der Waals surface area contributed by atoms with Crippen LogP contribution in [0.15, 0.2) is 36.4 Å². The molecule has 3 rings (SSSR count). The van der Waals surface area contributed by atoms with Crippen molar-refractivity contribution in [1.82, 2.24) is 4.98 Å². The summed E-state index contributed by atoms with van der Waals surface area (Å²) in [5, 5.41) is 3.97. The maximum atomic E-state index is 12.3. The summed E-state index contributed by atoms with van der Waals surface area (Å²) in [6.07, 6.45) is 0.282. The molecule has 0 aliphatic heterocycles. The minimum absolute atomic E-state index is 0.0607. The Kier molecular flexibility index (Phi) is 4.30. The number of nitrogens with zero attached hydrogens (tertiary/aromatic N) is 1. The molecule has 0 aliphatic carbocycles. The minimum atomic E-state index is -0.0607. The molecule has 0 aliphatic rings. The number of methoxy groups -OCH3 is 1. The molecule has 1 heterocycles. The predicted octanol–water partition coefficient (Wildman–Crippen LogP) is 4.10. The predicted molar refractivity (Wildman–Crippen MR) is 94.4 cm³/mol. The quantitative estimate of drug-likeness (QED) is 0.785. The first kappa shape index (κ1) is 15.5. The first-order chi connectivity index (χ1) is 11.0. The fourth-order valence-electron chi connectivity index (χ4n) is 2.54. The van der Waals surface area contributed by atoms with Crippen molar-refractivity contribution >= 4 is 33.1 Å². The van der Waals surface area contributed by atoms with Crippen LogP contribution in [-0.2, 0) is 11.2 Å². The number of carbonyl (C=O) groups excluding carboxylic acids is 1. The average Bonchev–Trinajstić information content (AvgIpc) is 2.86. The Hall–Kier alpha value is -2.40. The molecule has 0 fully saturated rings. The lowest BCUT2D eigenvalue weighted by molar-refractivity contribution is -0.115. The van der Waals surface area contributed by atoms with Crippen molar-refractivity contribution in [2.75, 3.05) is 12.4 Å². The van der Waals surface area contributed by atoms with E-state index in [1.54, 1.807) is 18.4 Å². The average molecular weight is 326 g/mol. The molecule has 0 unspecified atom stereocenters. The second-order valence-corrected chi connectivity index (χ2v) is 6.69. The lowest BCUT2D eigenvalue weighted by Gasteiger charge is -2.10. The number of hydrogen-bond acceptors (Lipinski definition) is 4. The number of rotatable bonds is 4. The van der Waals surface area contributed by atoms with E-state index in [1.807, 2.05) is 50.2 Å². The zero-order chi connectivity index (χ0) is 16.4. The Morgan fingerprint density at radius 2 is 2.04 bits per heavy atom. The zero-order valence-corrected chi connectivity index (χ0v) is 14.2. The molecule has 1 aromatic heterocycles. The molecule has 23 heavy (non-hydrogen) atoms. The van der Waals surface area contributed by atoms with Crippen LogP contribution in [0.25, 0.3) is 10.2 Å². The molecule has 5 heteroatoms. The van der Waals surface area contributed by atoms with Crippen LogP contribution in [0.5, 0.6) is 5.75 Å². The number of nitrogens with one attached hydrogen (secondary N) is 1. The van der Waals surface area contributed by atoms with Gasteiger partial charge in [-0.25, -0.2) is 4.98 Å². The maximum absolute atomic E-state index is 12.3. The normalized spacial score (nSPS) is 10.7. The Morgan fingerprint density at radius 1 is 1.22 bits per heavy atom. The first-order valence-corrected chi connectivity index (χ1v) is 8.17. The third-order valence-corrected chi connectivity index (χ3v) is 4.50. The first-order valence-electron chi connectivity index (χ1n) is 7.36. The van der Waals surface area contributed by atoms with Crippen molar-refractivity contribution in [1.29, 1.82) is 0 Å². The number of hydrogen-bond donors (Lipinski definition) is 1. The SMILES string of the molecule is COc1ccc(C)cc1CC(=O)Nc1ccc2nc(C)sc2c1. The van der Waals surface area contributed by atoms with Crippen LogP contribution in [0.2, 0.25) is 0 Å².